The van der Waals surface area contributed by atoms with Crippen molar-refractivity contribution in [3.63, 3.8) is 0 Å². The minimum Gasteiger partial charge on any atom is -0.465 e. The molecule has 0 spiro atoms. The number of anilines is 1. The van der Waals surface area contributed by atoms with E-state index in [4.69, 9.17) is 10.8 Å². The third-order valence-corrected chi connectivity index (χ3v) is 4.87. The highest BCUT2D eigenvalue weighted by Gasteiger charge is 2.30. The third kappa shape index (κ3) is 4.11. The Balaban J connectivity index is 1.78. The Morgan fingerprint density at radius 2 is 2.15 bits per heavy atom. The maximum atomic E-state index is 12.0. The standard InChI is InChI=1S/C19H25N5O3/c1-12-8-17(20)16-9-14(4-5-18(16)24(12)13(2)25)15-10-22-23(11-15)7-3-6-21-19(26)27/h4-5,9-12,17,21H,3,6-8,20H2,1-2H3,(H,26,27)/t12-,17+/m0/s1. The number of hydrogen-bond donors (Lipinski definition) is 3. The first-order valence-electron chi connectivity index (χ1n) is 9.05. The van der Waals surface area contributed by atoms with Crippen molar-refractivity contribution >= 4 is 17.7 Å². The molecule has 0 bridgehead atoms. The van der Waals surface area contributed by atoms with Crippen LogP contribution in [0.4, 0.5) is 10.5 Å². The van der Waals surface area contributed by atoms with Gasteiger partial charge >= 0.3 is 6.09 Å². The van der Waals surface area contributed by atoms with Gasteiger partial charge in [-0.15, -0.1) is 0 Å². The molecular formula is C19H25N5O3. The normalized spacial score (nSPS) is 18.9. The van der Waals surface area contributed by atoms with Crippen LogP contribution in [0.5, 0.6) is 0 Å². The van der Waals surface area contributed by atoms with E-state index in [0.29, 0.717) is 19.5 Å². The molecule has 0 saturated heterocycles. The number of nitrogens with zero attached hydrogens (tertiary/aromatic N) is 3. The summed E-state index contributed by atoms with van der Waals surface area (Å²) in [6.45, 7) is 4.60. The molecule has 27 heavy (non-hydrogen) atoms. The van der Waals surface area contributed by atoms with Gasteiger partial charge in [0, 0.05) is 49.5 Å². The highest BCUT2D eigenvalue weighted by molar-refractivity contribution is 5.94. The average molecular weight is 371 g/mol. The smallest absolute Gasteiger partial charge is 0.404 e. The molecule has 8 nitrogen and oxygen atoms in total. The van der Waals surface area contributed by atoms with E-state index in [1.807, 2.05) is 31.3 Å². The highest BCUT2D eigenvalue weighted by atomic mass is 16.4. The molecule has 2 atom stereocenters. The minimum atomic E-state index is -1.02. The van der Waals surface area contributed by atoms with E-state index in [2.05, 4.69) is 10.4 Å². The van der Waals surface area contributed by atoms with E-state index in [1.54, 1.807) is 22.7 Å². The fraction of sp³-hybridized carbons (Fsp3) is 0.421. The van der Waals surface area contributed by atoms with Gasteiger partial charge in [-0.2, -0.15) is 5.10 Å². The molecule has 1 aliphatic heterocycles. The largest absolute Gasteiger partial charge is 0.465 e. The van der Waals surface area contributed by atoms with Crippen molar-refractivity contribution in [3.05, 3.63) is 36.2 Å². The zero-order valence-electron chi connectivity index (χ0n) is 15.6. The van der Waals surface area contributed by atoms with Gasteiger partial charge in [0.2, 0.25) is 5.91 Å². The summed E-state index contributed by atoms with van der Waals surface area (Å²) in [4.78, 5) is 24.3. The lowest BCUT2D eigenvalue weighted by Gasteiger charge is -2.37. The van der Waals surface area contributed by atoms with Crippen molar-refractivity contribution in [2.24, 2.45) is 5.73 Å². The third-order valence-electron chi connectivity index (χ3n) is 4.87. The number of benzene rings is 1. The summed E-state index contributed by atoms with van der Waals surface area (Å²) in [6, 6.07) is 5.94. The summed E-state index contributed by atoms with van der Waals surface area (Å²) in [6.07, 6.45) is 4.09. The number of nitrogens with two attached hydrogens (primary N) is 1. The molecule has 2 aromatic rings. The fourth-order valence-corrected chi connectivity index (χ4v) is 3.64. The van der Waals surface area contributed by atoms with Gasteiger partial charge in [-0.1, -0.05) is 6.07 Å². The Kier molecular flexibility index (Phi) is 5.46. The van der Waals surface area contributed by atoms with Crippen LogP contribution in [0, 0.1) is 0 Å². The number of fused-ring (bicyclic) bond motifs is 1. The summed E-state index contributed by atoms with van der Waals surface area (Å²) in [5, 5.41) is 15.3. The lowest BCUT2D eigenvalue weighted by molar-refractivity contribution is -0.117. The first-order valence-corrected chi connectivity index (χ1v) is 9.05. The Bertz CT molecular complexity index is 848. The maximum Gasteiger partial charge on any atom is 0.404 e. The molecule has 1 aromatic carbocycles. The second-order valence-electron chi connectivity index (χ2n) is 6.93. The Labute approximate surface area is 158 Å². The Morgan fingerprint density at radius 3 is 2.85 bits per heavy atom. The van der Waals surface area contributed by atoms with Crippen LogP contribution in [-0.4, -0.2) is 39.5 Å². The molecule has 0 aliphatic carbocycles. The number of hydrogen-bond acceptors (Lipinski definition) is 4. The molecule has 0 fully saturated rings. The Morgan fingerprint density at radius 1 is 1.37 bits per heavy atom. The molecular weight excluding hydrogens is 346 g/mol. The van der Waals surface area contributed by atoms with E-state index < -0.39 is 6.09 Å². The van der Waals surface area contributed by atoms with Crippen molar-refractivity contribution in [3.8, 4) is 11.1 Å². The average Bonchev–Trinajstić information content (AvgIpc) is 3.07. The maximum absolute atomic E-state index is 12.0. The molecule has 3 rings (SSSR count). The van der Waals surface area contributed by atoms with Gasteiger partial charge in [-0.05, 0) is 43.0 Å². The van der Waals surface area contributed by atoms with Gasteiger partial charge in [0.1, 0.15) is 0 Å². The Hall–Kier alpha value is -2.87. The molecule has 1 aromatic heterocycles. The van der Waals surface area contributed by atoms with Crippen molar-refractivity contribution in [1.82, 2.24) is 15.1 Å². The number of nitrogens with one attached hydrogen (secondary N) is 1. The summed E-state index contributed by atoms with van der Waals surface area (Å²) in [5.74, 6) is 0.0196. The van der Waals surface area contributed by atoms with E-state index >= 15 is 0 Å². The molecule has 144 valence electrons. The number of amides is 2. The van der Waals surface area contributed by atoms with Gasteiger partial charge in [0.05, 0.1) is 6.20 Å². The number of rotatable bonds is 5. The lowest BCUT2D eigenvalue weighted by Crippen LogP contribution is -2.43. The second-order valence-corrected chi connectivity index (χ2v) is 6.93. The molecule has 0 saturated carbocycles. The van der Waals surface area contributed by atoms with E-state index in [9.17, 15) is 9.59 Å². The summed E-state index contributed by atoms with van der Waals surface area (Å²) in [7, 11) is 0. The van der Waals surface area contributed by atoms with Crippen LogP contribution >= 0.6 is 0 Å². The van der Waals surface area contributed by atoms with Crippen LogP contribution in [-0.2, 0) is 11.3 Å². The number of carbonyl (C=O) groups excluding carboxylic acids is 1. The van der Waals surface area contributed by atoms with Gasteiger partial charge in [-0.25, -0.2) is 4.79 Å². The molecule has 1 aliphatic rings. The van der Waals surface area contributed by atoms with Gasteiger partial charge in [0.25, 0.3) is 0 Å². The van der Waals surface area contributed by atoms with E-state index in [-0.39, 0.29) is 18.0 Å². The van der Waals surface area contributed by atoms with Crippen LogP contribution in [0.25, 0.3) is 11.1 Å². The zero-order chi connectivity index (χ0) is 19.6. The van der Waals surface area contributed by atoms with Crippen LogP contribution in [0.2, 0.25) is 0 Å². The highest BCUT2D eigenvalue weighted by Crippen LogP contribution is 2.38. The zero-order valence-corrected chi connectivity index (χ0v) is 15.6. The first-order chi connectivity index (χ1) is 12.9. The predicted octanol–water partition coefficient (Wildman–Crippen LogP) is 2.35. The van der Waals surface area contributed by atoms with Crippen LogP contribution in [0.3, 0.4) is 0 Å². The summed E-state index contributed by atoms with van der Waals surface area (Å²) < 4.78 is 1.79. The van der Waals surface area contributed by atoms with Gasteiger partial charge in [0.15, 0.2) is 0 Å². The molecule has 4 N–H and O–H groups in total. The second kappa shape index (κ2) is 7.79. The fourth-order valence-electron chi connectivity index (χ4n) is 3.64. The predicted molar refractivity (Wildman–Crippen MR) is 102 cm³/mol. The molecule has 2 amide bonds. The molecule has 0 unspecified atom stereocenters. The van der Waals surface area contributed by atoms with Gasteiger partial charge in [-0.3, -0.25) is 9.48 Å². The topological polar surface area (TPSA) is 113 Å². The number of aryl methyl sites for hydroxylation is 1. The SMILES string of the molecule is CC(=O)N1c2ccc(-c3cnn(CCCNC(=O)O)c3)cc2[C@H](N)C[C@@H]1C. The van der Waals surface area contributed by atoms with Crippen molar-refractivity contribution in [2.45, 2.75) is 45.3 Å². The monoisotopic (exact) mass is 371 g/mol. The first kappa shape index (κ1) is 18.9. The summed E-state index contributed by atoms with van der Waals surface area (Å²) in [5.41, 5.74) is 10.2. The molecule has 8 heteroatoms. The van der Waals surface area contributed by atoms with Crippen LogP contribution in [0.15, 0.2) is 30.6 Å². The number of carboxylic acid groups (broad SMARTS) is 1. The van der Waals surface area contributed by atoms with E-state index in [1.165, 1.54) is 0 Å². The number of carbonyl (C=O) groups is 2. The number of aromatic nitrogens is 2. The van der Waals surface area contributed by atoms with Crippen LogP contribution < -0.4 is 16.0 Å². The minimum absolute atomic E-state index is 0.0196. The molecule has 0 radical (unpaired) electrons. The lowest BCUT2D eigenvalue weighted by atomic mass is 9.90. The van der Waals surface area contributed by atoms with E-state index in [0.717, 1.165) is 28.8 Å². The van der Waals surface area contributed by atoms with Crippen molar-refractivity contribution < 1.29 is 14.7 Å². The van der Waals surface area contributed by atoms with Crippen molar-refractivity contribution in [1.29, 1.82) is 0 Å². The van der Waals surface area contributed by atoms with Crippen molar-refractivity contribution in [2.75, 3.05) is 11.4 Å². The molecule has 2 heterocycles. The van der Waals surface area contributed by atoms with Gasteiger partial charge < -0.3 is 21.1 Å². The quantitative estimate of drug-likeness (QED) is 0.698. The van der Waals surface area contributed by atoms with Crippen LogP contribution in [0.1, 0.15) is 38.3 Å². The summed E-state index contributed by atoms with van der Waals surface area (Å²) >= 11 is 0.